The lowest BCUT2D eigenvalue weighted by molar-refractivity contribution is 0.102. The number of hydrogen-bond acceptors (Lipinski definition) is 4. The third-order valence-corrected chi connectivity index (χ3v) is 5.64. The molecule has 0 aliphatic heterocycles. The maximum absolute atomic E-state index is 12.8. The van der Waals surface area contributed by atoms with Gasteiger partial charge in [-0.05, 0) is 37.3 Å². The summed E-state index contributed by atoms with van der Waals surface area (Å²) >= 11 is 4.80. The molecular formula is C18H14BrN3O2S. The van der Waals surface area contributed by atoms with Crippen LogP contribution in [-0.4, -0.2) is 22.4 Å². The fourth-order valence-electron chi connectivity index (χ4n) is 2.83. The molecule has 0 spiro atoms. The largest absolute Gasteiger partial charge is 0.495 e. The monoisotopic (exact) mass is 415 g/mol. The van der Waals surface area contributed by atoms with E-state index in [4.69, 9.17) is 4.74 Å². The zero-order valence-electron chi connectivity index (χ0n) is 13.5. The first-order valence-electron chi connectivity index (χ1n) is 7.60. The molecule has 0 saturated carbocycles. The van der Waals surface area contributed by atoms with E-state index in [1.165, 1.54) is 11.3 Å². The fraction of sp³-hybridized carbons (Fsp3) is 0.111. The number of fused-ring (bicyclic) bond motifs is 3. The molecule has 0 atom stereocenters. The molecule has 0 unspecified atom stereocenters. The first kappa shape index (κ1) is 16.1. The van der Waals surface area contributed by atoms with E-state index in [0.717, 1.165) is 26.2 Å². The van der Waals surface area contributed by atoms with Crippen LogP contribution in [0, 0.1) is 6.92 Å². The molecule has 0 aliphatic rings. The minimum atomic E-state index is -0.173. The Hall–Kier alpha value is -2.38. The summed E-state index contributed by atoms with van der Waals surface area (Å²) in [6.07, 6.45) is 0. The summed E-state index contributed by atoms with van der Waals surface area (Å²) in [5.74, 6) is 0.439. The smallest absolute Gasteiger partial charge is 0.267 e. The topological polar surface area (TPSA) is 55.6 Å². The summed E-state index contributed by atoms with van der Waals surface area (Å²) in [5.41, 5.74) is 3.43. The molecule has 1 N–H and O–H groups in total. The van der Waals surface area contributed by atoms with Gasteiger partial charge >= 0.3 is 0 Å². The maximum Gasteiger partial charge on any atom is 0.267 e. The fourth-order valence-corrected chi connectivity index (χ4v) is 4.23. The second-order valence-corrected chi connectivity index (χ2v) is 7.43. The highest BCUT2D eigenvalue weighted by Crippen LogP contribution is 2.31. The van der Waals surface area contributed by atoms with Crippen LogP contribution in [0.25, 0.3) is 16.0 Å². The second-order valence-electron chi connectivity index (χ2n) is 5.53. The van der Waals surface area contributed by atoms with Gasteiger partial charge in [0.05, 0.1) is 23.8 Å². The summed E-state index contributed by atoms with van der Waals surface area (Å²) in [6.45, 7) is 1.94. The zero-order chi connectivity index (χ0) is 17.6. The van der Waals surface area contributed by atoms with Crippen LogP contribution in [0.4, 0.5) is 5.69 Å². The van der Waals surface area contributed by atoms with Crippen LogP contribution in [0.2, 0.25) is 0 Å². The van der Waals surface area contributed by atoms with Gasteiger partial charge in [-0.25, -0.2) is 4.98 Å². The van der Waals surface area contributed by atoms with E-state index in [1.54, 1.807) is 13.2 Å². The number of imidazole rings is 1. The average Bonchev–Trinajstić information content (AvgIpc) is 3.12. The van der Waals surface area contributed by atoms with Crippen LogP contribution in [0.15, 0.2) is 46.9 Å². The Kier molecular flexibility index (Phi) is 3.97. The van der Waals surface area contributed by atoms with Crippen molar-refractivity contribution >= 4 is 54.9 Å². The number of nitrogens with one attached hydrogen (secondary N) is 1. The normalized spacial score (nSPS) is 11.2. The number of carbonyl (C=O) groups is 1. The number of thiazole rings is 1. The second kappa shape index (κ2) is 6.16. The van der Waals surface area contributed by atoms with Crippen molar-refractivity contribution < 1.29 is 9.53 Å². The minimum Gasteiger partial charge on any atom is -0.495 e. The van der Waals surface area contributed by atoms with Gasteiger partial charge in [-0.1, -0.05) is 39.4 Å². The Morgan fingerprint density at radius 2 is 2.08 bits per heavy atom. The Labute approximate surface area is 156 Å². The molecule has 2 aromatic heterocycles. The van der Waals surface area contributed by atoms with Gasteiger partial charge in [-0.2, -0.15) is 0 Å². The van der Waals surface area contributed by atoms with Crippen molar-refractivity contribution in [2.75, 3.05) is 12.4 Å². The number of benzene rings is 2. The molecule has 2 heterocycles. The molecule has 5 nitrogen and oxygen atoms in total. The molecule has 0 aliphatic carbocycles. The highest BCUT2D eigenvalue weighted by Gasteiger charge is 2.20. The Balaban J connectivity index is 1.76. The van der Waals surface area contributed by atoms with E-state index in [1.807, 2.05) is 47.7 Å². The van der Waals surface area contributed by atoms with Crippen molar-refractivity contribution in [3.05, 3.63) is 57.5 Å². The quantitative estimate of drug-likeness (QED) is 0.518. The Morgan fingerprint density at radius 1 is 1.28 bits per heavy atom. The number of anilines is 1. The highest BCUT2D eigenvalue weighted by molar-refractivity contribution is 9.10. The molecule has 4 rings (SSSR count). The number of ether oxygens (including phenoxy) is 1. The van der Waals surface area contributed by atoms with Gasteiger partial charge in [0.2, 0.25) is 0 Å². The Bertz CT molecular complexity index is 1120. The average molecular weight is 416 g/mol. The van der Waals surface area contributed by atoms with Crippen LogP contribution in [-0.2, 0) is 0 Å². The predicted octanol–water partition coefficient (Wildman–Crippen LogP) is 4.88. The van der Waals surface area contributed by atoms with Crippen LogP contribution in [0.5, 0.6) is 5.75 Å². The number of nitrogens with zero attached hydrogens (tertiary/aromatic N) is 2. The summed E-state index contributed by atoms with van der Waals surface area (Å²) in [5, 5.41) is 2.93. The van der Waals surface area contributed by atoms with Crippen molar-refractivity contribution in [2.24, 2.45) is 0 Å². The first-order valence-corrected chi connectivity index (χ1v) is 9.21. The van der Waals surface area contributed by atoms with Crippen molar-refractivity contribution in [1.82, 2.24) is 9.38 Å². The van der Waals surface area contributed by atoms with Gasteiger partial charge in [0.15, 0.2) is 4.96 Å². The number of amides is 1. The first-order chi connectivity index (χ1) is 12.1. The zero-order valence-corrected chi connectivity index (χ0v) is 15.9. The van der Waals surface area contributed by atoms with Crippen molar-refractivity contribution in [3.63, 3.8) is 0 Å². The number of carbonyl (C=O) groups excluding carboxylic acids is 1. The van der Waals surface area contributed by atoms with Crippen molar-refractivity contribution in [3.8, 4) is 5.75 Å². The number of rotatable bonds is 3. The highest BCUT2D eigenvalue weighted by atomic mass is 79.9. The van der Waals surface area contributed by atoms with Crippen LogP contribution in [0.3, 0.4) is 0 Å². The summed E-state index contributed by atoms with van der Waals surface area (Å²) in [7, 11) is 1.58. The molecule has 2 aromatic carbocycles. The van der Waals surface area contributed by atoms with E-state index in [-0.39, 0.29) is 5.91 Å². The molecule has 4 aromatic rings. The van der Waals surface area contributed by atoms with E-state index < -0.39 is 0 Å². The molecule has 0 saturated heterocycles. The van der Waals surface area contributed by atoms with Gasteiger partial charge in [0.25, 0.3) is 5.91 Å². The van der Waals surface area contributed by atoms with E-state index in [0.29, 0.717) is 16.3 Å². The third kappa shape index (κ3) is 2.69. The van der Waals surface area contributed by atoms with Crippen molar-refractivity contribution in [2.45, 2.75) is 6.92 Å². The van der Waals surface area contributed by atoms with Crippen LogP contribution in [0.1, 0.15) is 15.4 Å². The van der Waals surface area contributed by atoms with E-state index >= 15 is 0 Å². The molecule has 1 amide bonds. The SMILES string of the molecule is COc1ccc(Br)cc1NC(=O)c1sc2nc3ccccc3n2c1C. The molecule has 0 bridgehead atoms. The minimum absolute atomic E-state index is 0.173. The molecular weight excluding hydrogens is 402 g/mol. The molecule has 7 heteroatoms. The summed E-state index contributed by atoms with van der Waals surface area (Å²) < 4.78 is 8.21. The number of methoxy groups -OCH3 is 1. The van der Waals surface area contributed by atoms with Crippen molar-refractivity contribution in [1.29, 1.82) is 0 Å². The molecule has 0 radical (unpaired) electrons. The lowest BCUT2D eigenvalue weighted by atomic mass is 10.2. The maximum atomic E-state index is 12.8. The number of aromatic nitrogens is 2. The number of hydrogen-bond donors (Lipinski definition) is 1. The van der Waals surface area contributed by atoms with Gasteiger partial charge in [0.1, 0.15) is 10.6 Å². The lowest BCUT2D eigenvalue weighted by Gasteiger charge is -2.10. The van der Waals surface area contributed by atoms with Gasteiger partial charge in [-0.15, -0.1) is 0 Å². The molecule has 0 fully saturated rings. The predicted molar refractivity (Wildman–Crippen MR) is 104 cm³/mol. The van der Waals surface area contributed by atoms with E-state index in [2.05, 4.69) is 26.2 Å². The van der Waals surface area contributed by atoms with Gasteiger partial charge in [0, 0.05) is 10.2 Å². The van der Waals surface area contributed by atoms with Gasteiger partial charge in [-0.3, -0.25) is 9.20 Å². The van der Waals surface area contributed by atoms with Gasteiger partial charge < -0.3 is 10.1 Å². The summed E-state index contributed by atoms with van der Waals surface area (Å²) in [6, 6.07) is 13.4. The number of para-hydroxylation sites is 2. The number of halogens is 1. The summed E-state index contributed by atoms with van der Waals surface area (Å²) in [4.78, 5) is 18.9. The molecule has 25 heavy (non-hydrogen) atoms. The number of aryl methyl sites for hydroxylation is 1. The Morgan fingerprint density at radius 3 is 2.88 bits per heavy atom. The standard InChI is InChI=1S/C18H14BrN3O2S/c1-10-16(17(23)20-13-9-11(19)7-8-15(13)24-2)25-18-21-12-5-3-4-6-14(12)22(10)18/h3-9H,1-2H3,(H,20,23). The van der Waals surface area contributed by atoms with Crippen LogP contribution >= 0.6 is 27.3 Å². The van der Waals surface area contributed by atoms with E-state index in [9.17, 15) is 4.79 Å². The lowest BCUT2D eigenvalue weighted by Crippen LogP contribution is -2.12. The third-order valence-electron chi connectivity index (χ3n) is 4.00. The van der Waals surface area contributed by atoms with Crippen LogP contribution < -0.4 is 10.1 Å². The molecule has 126 valence electrons.